The van der Waals surface area contributed by atoms with E-state index >= 15 is 0 Å². The third-order valence-corrected chi connectivity index (χ3v) is 11.1. The minimum atomic E-state index is 0.109. The Balaban J connectivity index is 1.13. The van der Waals surface area contributed by atoms with Gasteiger partial charge in [0.2, 0.25) is 0 Å². The van der Waals surface area contributed by atoms with E-state index in [0.717, 1.165) is 0 Å². The Morgan fingerprint density at radius 3 is 1.20 bits per heavy atom. The van der Waals surface area contributed by atoms with Crippen molar-refractivity contribution in [2.24, 2.45) is 0 Å². The van der Waals surface area contributed by atoms with Crippen LogP contribution in [0.15, 0.2) is 188 Å². The maximum atomic E-state index is 2.45. The molecule has 0 saturated heterocycles. The van der Waals surface area contributed by atoms with Crippen LogP contribution in [-0.4, -0.2) is 9.13 Å². The molecule has 258 valence electrons. The van der Waals surface area contributed by atoms with E-state index in [1.807, 2.05) is 0 Å². The van der Waals surface area contributed by atoms with Crippen LogP contribution in [0.4, 0.5) is 0 Å². The molecule has 0 spiro atoms. The lowest BCUT2D eigenvalue weighted by molar-refractivity contribution is 0.590. The van der Waals surface area contributed by atoms with Crippen molar-refractivity contribution < 1.29 is 0 Å². The molecule has 10 aromatic rings. The van der Waals surface area contributed by atoms with Gasteiger partial charge in [0.1, 0.15) is 0 Å². The van der Waals surface area contributed by atoms with E-state index in [1.165, 1.54) is 93.9 Å². The van der Waals surface area contributed by atoms with Gasteiger partial charge in [0.05, 0.1) is 33.4 Å². The number of rotatable bonds is 5. The molecule has 54 heavy (non-hydrogen) atoms. The van der Waals surface area contributed by atoms with Gasteiger partial charge in [0, 0.05) is 32.7 Å². The Labute approximate surface area is 316 Å². The Morgan fingerprint density at radius 2 is 0.704 bits per heavy atom. The van der Waals surface area contributed by atoms with E-state index in [-0.39, 0.29) is 5.41 Å². The highest BCUT2D eigenvalue weighted by Gasteiger charge is 2.19. The van der Waals surface area contributed by atoms with E-state index in [1.54, 1.807) is 0 Å². The molecule has 0 aliphatic rings. The van der Waals surface area contributed by atoms with Gasteiger partial charge in [-0.25, -0.2) is 0 Å². The lowest BCUT2D eigenvalue weighted by atomic mass is 9.86. The molecule has 10 rings (SSSR count). The first-order chi connectivity index (χ1) is 26.4. The topological polar surface area (TPSA) is 9.86 Å². The average molecular weight is 693 g/mol. The summed E-state index contributed by atoms with van der Waals surface area (Å²) in [6, 6.07) is 69.0. The standard InChI is InChI=1S/C52H40N2/c1-52(2,3)39-29-25-36(26-30-39)41-18-8-12-22-47(41)54-49-24-14-10-20-43(49)45-34-38(28-32-51(45)54)37-27-31-50-44(33-37)42-19-9-13-23-48(42)53(50)46-21-11-7-17-40(46)35-15-5-4-6-16-35/h4-34H,1-3H3. The van der Waals surface area contributed by atoms with Gasteiger partial charge in [-0.2, -0.15) is 0 Å². The predicted molar refractivity (Wildman–Crippen MR) is 230 cm³/mol. The summed E-state index contributed by atoms with van der Waals surface area (Å²) in [4.78, 5) is 0. The first kappa shape index (κ1) is 32.0. The number of para-hydroxylation sites is 4. The summed E-state index contributed by atoms with van der Waals surface area (Å²) in [6.45, 7) is 6.81. The van der Waals surface area contributed by atoms with Gasteiger partial charge < -0.3 is 9.13 Å². The zero-order valence-corrected chi connectivity index (χ0v) is 30.8. The van der Waals surface area contributed by atoms with Gasteiger partial charge in [-0.3, -0.25) is 0 Å². The summed E-state index contributed by atoms with van der Waals surface area (Å²) >= 11 is 0. The summed E-state index contributed by atoms with van der Waals surface area (Å²) in [6.07, 6.45) is 0. The first-order valence-electron chi connectivity index (χ1n) is 18.9. The fourth-order valence-corrected chi connectivity index (χ4v) is 8.42. The van der Waals surface area contributed by atoms with E-state index < -0.39 is 0 Å². The maximum Gasteiger partial charge on any atom is 0.0541 e. The molecule has 8 aromatic carbocycles. The van der Waals surface area contributed by atoms with Crippen molar-refractivity contribution in [1.29, 1.82) is 0 Å². The largest absolute Gasteiger partial charge is 0.309 e. The summed E-state index contributed by atoms with van der Waals surface area (Å²) in [5, 5.41) is 5.00. The van der Waals surface area contributed by atoms with Gasteiger partial charge in [0.15, 0.2) is 0 Å². The Hall–Kier alpha value is -6.64. The maximum absolute atomic E-state index is 2.45. The van der Waals surface area contributed by atoms with E-state index in [4.69, 9.17) is 0 Å². The van der Waals surface area contributed by atoms with Crippen LogP contribution in [0, 0.1) is 0 Å². The molecule has 0 atom stereocenters. The molecule has 2 aromatic heterocycles. The van der Waals surface area contributed by atoms with Gasteiger partial charge in [-0.1, -0.05) is 160 Å². The van der Waals surface area contributed by atoms with Crippen LogP contribution in [0.1, 0.15) is 26.3 Å². The zero-order chi connectivity index (χ0) is 36.4. The molecule has 0 bridgehead atoms. The number of hydrogen-bond donors (Lipinski definition) is 0. The molecule has 0 amide bonds. The van der Waals surface area contributed by atoms with Gasteiger partial charge >= 0.3 is 0 Å². The van der Waals surface area contributed by atoms with Crippen LogP contribution < -0.4 is 0 Å². The van der Waals surface area contributed by atoms with E-state index in [2.05, 4.69) is 218 Å². The normalized spacial score (nSPS) is 12.0. The molecule has 2 heteroatoms. The lowest BCUT2D eigenvalue weighted by Crippen LogP contribution is -2.10. The summed E-state index contributed by atoms with van der Waals surface area (Å²) in [7, 11) is 0. The summed E-state index contributed by atoms with van der Waals surface area (Å²) in [5.41, 5.74) is 15.9. The van der Waals surface area contributed by atoms with Gasteiger partial charge in [-0.05, 0) is 81.8 Å². The highest BCUT2D eigenvalue weighted by atomic mass is 15.0. The van der Waals surface area contributed by atoms with Crippen molar-refractivity contribution in [2.75, 3.05) is 0 Å². The minimum Gasteiger partial charge on any atom is -0.309 e. The minimum absolute atomic E-state index is 0.109. The Kier molecular flexibility index (Phi) is 7.42. The Bertz CT molecular complexity index is 3010. The highest BCUT2D eigenvalue weighted by molar-refractivity contribution is 6.13. The van der Waals surface area contributed by atoms with E-state index in [0.29, 0.717) is 0 Å². The first-order valence-corrected chi connectivity index (χ1v) is 18.9. The molecule has 0 fully saturated rings. The second kappa shape index (κ2) is 12.5. The second-order valence-corrected chi connectivity index (χ2v) is 15.4. The number of nitrogens with zero attached hydrogens (tertiary/aromatic N) is 2. The fraction of sp³-hybridized carbons (Fsp3) is 0.0769. The van der Waals surface area contributed by atoms with Crippen molar-refractivity contribution in [3.05, 3.63) is 194 Å². The van der Waals surface area contributed by atoms with Crippen molar-refractivity contribution in [2.45, 2.75) is 26.2 Å². The molecule has 0 radical (unpaired) electrons. The predicted octanol–water partition coefficient (Wildman–Crippen LogP) is 14.2. The number of aromatic nitrogens is 2. The highest BCUT2D eigenvalue weighted by Crippen LogP contribution is 2.41. The Morgan fingerprint density at radius 1 is 0.315 bits per heavy atom. The smallest absolute Gasteiger partial charge is 0.0541 e. The second-order valence-electron chi connectivity index (χ2n) is 15.4. The molecule has 0 aliphatic heterocycles. The van der Waals surface area contributed by atoms with Crippen LogP contribution in [0.2, 0.25) is 0 Å². The van der Waals surface area contributed by atoms with E-state index in [9.17, 15) is 0 Å². The van der Waals surface area contributed by atoms with Crippen LogP contribution in [0.3, 0.4) is 0 Å². The van der Waals surface area contributed by atoms with Crippen LogP contribution >= 0.6 is 0 Å². The van der Waals surface area contributed by atoms with Crippen molar-refractivity contribution in [1.82, 2.24) is 9.13 Å². The molecular weight excluding hydrogens is 653 g/mol. The zero-order valence-electron chi connectivity index (χ0n) is 30.8. The molecule has 0 saturated carbocycles. The fourth-order valence-electron chi connectivity index (χ4n) is 8.42. The van der Waals surface area contributed by atoms with Crippen LogP contribution in [-0.2, 0) is 5.41 Å². The average Bonchev–Trinajstić information content (AvgIpc) is 3.73. The molecule has 2 nitrogen and oxygen atoms in total. The summed E-state index contributed by atoms with van der Waals surface area (Å²) in [5.74, 6) is 0. The van der Waals surface area contributed by atoms with Crippen molar-refractivity contribution in [3.8, 4) is 44.8 Å². The molecule has 0 N–H and O–H groups in total. The number of fused-ring (bicyclic) bond motifs is 6. The lowest BCUT2D eigenvalue weighted by Gasteiger charge is -2.20. The third kappa shape index (κ3) is 5.17. The number of benzene rings is 8. The van der Waals surface area contributed by atoms with Gasteiger partial charge in [0.25, 0.3) is 0 Å². The van der Waals surface area contributed by atoms with Crippen molar-refractivity contribution >= 4 is 43.6 Å². The monoisotopic (exact) mass is 692 g/mol. The summed E-state index contributed by atoms with van der Waals surface area (Å²) < 4.78 is 4.88. The molecule has 0 unspecified atom stereocenters. The molecule has 2 heterocycles. The number of hydrogen-bond acceptors (Lipinski definition) is 0. The van der Waals surface area contributed by atoms with Gasteiger partial charge in [-0.15, -0.1) is 0 Å². The SMILES string of the molecule is CC(C)(C)c1ccc(-c2ccccc2-n2c3ccccc3c3cc(-c4ccc5c(c4)c4ccccc4n5-c4ccccc4-c4ccccc4)ccc32)cc1. The van der Waals surface area contributed by atoms with Crippen LogP contribution in [0.5, 0.6) is 0 Å². The van der Waals surface area contributed by atoms with Crippen LogP contribution in [0.25, 0.3) is 88.4 Å². The molecular formula is C52H40N2. The third-order valence-electron chi connectivity index (χ3n) is 11.1. The van der Waals surface area contributed by atoms with Crippen molar-refractivity contribution in [3.63, 3.8) is 0 Å². The quantitative estimate of drug-likeness (QED) is 0.170. The molecule has 0 aliphatic carbocycles.